The second kappa shape index (κ2) is 5.49. The van der Waals surface area contributed by atoms with Gasteiger partial charge in [0.05, 0.1) is 10.7 Å². The first-order valence-electron chi connectivity index (χ1n) is 6.27. The summed E-state index contributed by atoms with van der Waals surface area (Å²) in [5, 5.41) is 4.15. The molecule has 0 fully saturated rings. The molecule has 0 atom stereocenters. The highest BCUT2D eigenvalue weighted by Crippen LogP contribution is 2.22. The van der Waals surface area contributed by atoms with Gasteiger partial charge in [0.1, 0.15) is 0 Å². The van der Waals surface area contributed by atoms with Gasteiger partial charge < -0.3 is 9.88 Å². The topological polar surface area (TPSA) is 17.0 Å². The van der Waals surface area contributed by atoms with Crippen molar-refractivity contribution in [3.63, 3.8) is 0 Å². The van der Waals surface area contributed by atoms with Crippen molar-refractivity contribution in [1.29, 1.82) is 0 Å². The van der Waals surface area contributed by atoms with Crippen LogP contribution in [0, 0.1) is 13.8 Å². The average Bonchev–Trinajstić information content (AvgIpc) is 2.63. The number of nitrogens with one attached hydrogen (secondary N) is 1. The van der Waals surface area contributed by atoms with E-state index in [-0.39, 0.29) is 0 Å². The minimum Gasteiger partial charge on any atom is -0.380 e. The first-order valence-corrected chi connectivity index (χ1v) is 6.65. The number of benzene rings is 1. The first kappa shape index (κ1) is 13.0. The van der Waals surface area contributed by atoms with Gasteiger partial charge in [0.25, 0.3) is 0 Å². The van der Waals surface area contributed by atoms with Crippen molar-refractivity contribution in [1.82, 2.24) is 4.57 Å². The quantitative estimate of drug-likeness (QED) is 0.865. The van der Waals surface area contributed by atoms with Crippen molar-refractivity contribution >= 4 is 17.3 Å². The molecular formula is C15H19ClN2. The van der Waals surface area contributed by atoms with E-state index in [4.69, 9.17) is 11.6 Å². The molecule has 2 nitrogen and oxygen atoms in total. The monoisotopic (exact) mass is 262 g/mol. The summed E-state index contributed by atoms with van der Waals surface area (Å²) in [6, 6.07) is 10.1. The van der Waals surface area contributed by atoms with Crippen LogP contribution in [0.5, 0.6) is 0 Å². The van der Waals surface area contributed by atoms with Crippen LogP contribution >= 0.6 is 11.6 Å². The summed E-state index contributed by atoms with van der Waals surface area (Å²) in [4.78, 5) is 0. The van der Waals surface area contributed by atoms with Gasteiger partial charge in [-0.05, 0) is 44.5 Å². The Morgan fingerprint density at radius 2 is 1.94 bits per heavy atom. The van der Waals surface area contributed by atoms with Crippen molar-refractivity contribution in [2.45, 2.75) is 33.9 Å². The molecule has 96 valence electrons. The molecule has 1 aromatic carbocycles. The summed E-state index contributed by atoms with van der Waals surface area (Å²) < 4.78 is 2.32. The Bertz CT molecular complexity index is 543. The molecule has 3 heteroatoms. The molecule has 1 heterocycles. The number of aromatic nitrogens is 1. The number of para-hydroxylation sites is 1. The molecule has 18 heavy (non-hydrogen) atoms. The summed E-state index contributed by atoms with van der Waals surface area (Å²) in [7, 11) is 0. The maximum atomic E-state index is 6.13. The Morgan fingerprint density at radius 3 is 2.56 bits per heavy atom. The molecule has 0 unspecified atom stereocenters. The number of hydrogen-bond acceptors (Lipinski definition) is 1. The standard InChI is InChI=1S/C15H19ClN2/c1-4-18-11(2)9-13(12(18)3)10-17-15-8-6-5-7-14(15)16/h5-9,17H,4,10H2,1-3H3. The van der Waals surface area contributed by atoms with Gasteiger partial charge in [-0.15, -0.1) is 0 Å². The van der Waals surface area contributed by atoms with Crippen molar-refractivity contribution in [2.75, 3.05) is 5.32 Å². The van der Waals surface area contributed by atoms with E-state index < -0.39 is 0 Å². The average molecular weight is 263 g/mol. The zero-order chi connectivity index (χ0) is 13.1. The predicted octanol–water partition coefficient (Wildman–Crippen LogP) is 4.39. The summed E-state index contributed by atoms with van der Waals surface area (Å²) >= 11 is 6.13. The zero-order valence-electron chi connectivity index (χ0n) is 11.1. The molecule has 0 saturated carbocycles. The lowest BCUT2D eigenvalue weighted by Crippen LogP contribution is -2.03. The Balaban J connectivity index is 2.14. The van der Waals surface area contributed by atoms with Crippen molar-refractivity contribution in [2.24, 2.45) is 0 Å². The zero-order valence-corrected chi connectivity index (χ0v) is 11.9. The molecular weight excluding hydrogens is 244 g/mol. The third-order valence-electron chi connectivity index (χ3n) is 3.34. The highest BCUT2D eigenvalue weighted by molar-refractivity contribution is 6.33. The van der Waals surface area contributed by atoms with Gasteiger partial charge in [-0.25, -0.2) is 0 Å². The fourth-order valence-electron chi connectivity index (χ4n) is 2.33. The van der Waals surface area contributed by atoms with Crippen molar-refractivity contribution in [3.8, 4) is 0 Å². The van der Waals surface area contributed by atoms with E-state index in [1.807, 2.05) is 24.3 Å². The highest BCUT2D eigenvalue weighted by atomic mass is 35.5. The van der Waals surface area contributed by atoms with Crippen LogP contribution in [0.15, 0.2) is 30.3 Å². The molecule has 2 aromatic rings. The van der Waals surface area contributed by atoms with Crippen LogP contribution in [0.2, 0.25) is 5.02 Å². The van der Waals surface area contributed by atoms with Crippen molar-refractivity contribution < 1.29 is 0 Å². The third-order valence-corrected chi connectivity index (χ3v) is 3.67. The summed E-state index contributed by atoms with van der Waals surface area (Å²) in [6.45, 7) is 8.31. The van der Waals surface area contributed by atoms with Gasteiger partial charge in [0.2, 0.25) is 0 Å². The Morgan fingerprint density at radius 1 is 1.22 bits per heavy atom. The molecule has 0 aliphatic carbocycles. The predicted molar refractivity (Wildman–Crippen MR) is 78.4 cm³/mol. The molecule has 1 aromatic heterocycles. The van der Waals surface area contributed by atoms with Gasteiger partial charge in [0, 0.05) is 24.5 Å². The van der Waals surface area contributed by atoms with Gasteiger partial charge in [0.15, 0.2) is 0 Å². The van der Waals surface area contributed by atoms with Crippen LogP contribution < -0.4 is 5.32 Å². The fraction of sp³-hybridized carbons (Fsp3) is 0.333. The van der Waals surface area contributed by atoms with Gasteiger partial charge in [-0.2, -0.15) is 0 Å². The minimum absolute atomic E-state index is 0.766. The molecule has 0 aliphatic heterocycles. The second-order valence-corrected chi connectivity index (χ2v) is 4.88. The van der Waals surface area contributed by atoms with Gasteiger partial charge in [-0.1, -0.05) is 23.7 Å². The second-order valence-electron chi connectivity index (χ2n) is 4.47. The maximum Gasteiger partial charge on any atom is 0.0637 e. The Kier molecular flexibility index (Phi) is 3.97. The molecule has 1 N–H and O–H groups in total. The van der Waals surface area contributed by atoms with E-state index in [9.17, 15) is 0 Å². The molecule has 0 radical (unpaired) electrons. The number of aryl methyl sites for hydroxylation is 1. The number of hydrogen-bond donors (Lipinski definition) is 1. The molecule has 0 amide bonds. The molecule has 0 bridgehead atoms. The van der Waals surface area contributed by atoms with Crippen LogP contribution in [0.4, 0.5) is 5.69 Å². The number of halogens is 1. The number of anilines is 1. The Hall–Kier alpha value is -1.41. The molecule has 0 saturated heterocycles. The largest absolute Gasteiger partial charge is 0.380 e. The molecule has 2 rings (SSSR count). The lowest BCUT2D eigenvalue weighted by atomic mass is 10.2. The first-order chi connectivity index (χ1) is 8.63. The van der Waals surface area contributed by atoms with Gasteiger partial charge >= 0.3 is 0 Å². The van der Waals surface area contributed by atoms with Crippen LogP contribution in [-0.2, 0) is 13.1 Å². The molecule has 0 spiro atoms. The van der Waals surface area contributed by atoms with Crippen LogP contribution in [0.1, 0.15) is 23.9 Å². The van der Waals surface area contributed by atoms with E-state index in [0.717, 1.165) is 23.8 Å². The fourth-order valence-corrected chi connectivity index (χ4v) is 2.54. The SMILES string of the molecule is CCn1c(C)cc(CNc2ccccc2Cl)c1C. The van der Waals surface area contributed by atoms with Gasteiger partial charge in [-0.3, -0.25) is 0 Å². The lowest BCUT2D eigenvalue weighted by molar-refractivity contribution is 0.715. The summed E-state index contributed by atoms with van der Waals surface area (Å²) in [5.41, 5.74) is 4.95. The molecule has 0 aliphatic rings. The number of rotatable bonds is 4. The smallest absolute Gasteiger partial charge is 0.0637 e. The van der Waals surface area contributed by atoms with Crippen LogP contribution in [0.25, 0.3) is 0 Å². The van der Waals surface area contributed by atoms with E-state index in [2.05, 4.69) is 36.7 Å². The van der Waals surface area contributed by atoms with Crippen LogP contribution in [-0.4, -0.2) is 4.57 Å². The number of nitrogens with zero attached hydrogens (tertiary/aromatic N) is 1. The highest BCUT2D eigenvalue weighted by Gasteiger charge is 2.07. The van der Waals surface area contributed by atoms with E-state index in [1.165, 1.54) is 17.0 Å². The summed E-state index contributed by atoms with van der Waals surface area (Å²) in [5.74, 6) is 0. The Labute approximate surface area is 114 Å². The van der Waals surface area contributed by atoms with E-state index in [1.54, 1.807) is 0 Å². The van der Waals surface area contributed by atoms with Crippen molar-refractivity contribution in [3.05, 3.63) is 52.3 Å². The maximum absolute atomic E-state index is 6.13. The minimum atomic E-state index is 0.766. The van der Waals surface area contributed by atoms with Crippen LogP contribution in [0.3, 0.4) is 0 Å². The third kappa shape index (κ3) is 2.54. The lowest BCUT2D eigenvalue weighted by Gasteiger charge is -2.09. The summed E-state index contributed by atoms with van der Waals surface area (Å²) in [6.07, 6.45) is 0. The normalized spacial score (nSPS) is 10.7. The van der Waals surface area contributed by atoms with E-state index in [0.29, 0.717) is 0 Å². The van der Waals surface area contributed by atoms with E-state index >= 15 is 0 Å².